The fourth-order valence-electron chi connectivity index (χ4n) is 16.5. The molecule has 36 atom stereocenters. The van der Waals surface area contributed by atoms with Crippen molar-refractivity contribution >= 4 is 16.2 Å². The van der Waals surface area contributed by atoms with Crippen LogP contribution in [0.5, 0.6) is 0 Å². The molecule has 6 saturated heterocycles. The normalized spacial score (nSPS) is 51.4. The third-order valence-corrected chi connectivity index (χ3v) is 22.2. The third kappa shape index (κ3) is 14.8. The Hall–Kier alpha value is -2.02. The van der Waals surface area contributed by atoms with E-state index in [9.17, 15) is 89.3 Å². The van der Waals surface area contributed by atoms with Gasteiger partial charge in [-0.2, -0.15) is 8.42 Å². The summed E-state index contributed by atoms with van der Waals surface area (Å²) in [5.74, 6) is -0.0854. The Bertz CT molecular complexity index is 2710. The molecule has 0 bridgehead atoms. The van der Waals surface area contributed by atoms with Crippen LogP contribution in [0.1, 0.15) is 107 Å². The van der Waals surface area contributed by atoms with Gasteiger partial charge in [0.2, 0.25) is 0 Å². The second-order valence-corrected chi connectivity index (χ2v) is 29.3. The van der Waals surface area contributed by atoms with Gasteiger partial charge in [0.25, 0.3) is 0 Å². The van der Waals surface area contributed by atoms with Gasteiger partial charge in [-0.3, -0.25) is 9.35 Å². The molecular weight excluding hydrogens is 1260 g/mol. The first kappa shape index (κ1) is 73.7. The average Bonchev–Trinajstić information content (AvgIpc) is 1.70. The first-order valence-electron chi connectivity index (χ1n) is 32.5. The number of ketones is 1. The molecule has 6 heterocycles. The molecule has 10 rings (SSSR count). The van der Waals surface area contributed by atoms with Crippen LogP contribution in [0, 0.1) is 40.4 Å². The number of carbonyl (C=O) groups is 1. The number of rotatable bonds is 20. The SMILES string of the molecule is C/C(=C\C(=O)CC(C)C)[C@H]1CC[C@H]2[C@@H]3C[C@H](O[C@@H]4O[C@H](C)[C@@H](O)[C@H](O[C@@H]5OC[C@@H](O[C@@H]6O[C@H](CO)[C@H](O)[C@H](O)[C@H]6O[C@@H]6O[C@H](C)[C@@H](O)[C@H](O[C@@H]7O[C@@H](CO)[C@@H](O)[C@H]7O)[C@H]6O)[C@H](O)[C@H]5O[C@@H]5O[C@H](C)[C@@H](O)[C@H](O)[C@H]5O)[C@H]4O)[C@H]4C[C@@H](OS(=O)(=O)O)CC[C@]4(C)C3=CC[C@]12C. The van der Waals surface area contributed by atoms with Crippen LogP contribution in [0.2, 0.25) is 0 Å². The predicted molar refractivity (Wildman–Crippen MR) is 311 cm³/mol. The van der Waals surface area contributed by atoms with Crippen LogP contribution in [0.15, 0.2) is 23.3 Å². The fourth-order valence-corrected chi connectivity index (χ4v) is 17.1. The molecule has 534 valence electrons. The number of ether oxygens (including phenoxy) is 12. The smallest absolute Gasteiger partial charge is 0.394 e. The van der Waals surface area contributed by atoms with Gasteiger partial charge in [-0.05, 0) is 119 Å². The van der Waals surface area contributed by atoms with Gasteiger partial charge >= 0.3 is 10.4 Å². The van der Waals surface area contributed by atoms with Crippen molar-refractivity contribution in [3.63, 3.8) is 0 Å². The summed E-state index contributed by atoms with van der Waals surface area (Å²) < 4.78 is 112. The van der Waals surface area contributed by atoms with Crippen LogP contribution in [0.3, 0.4) is 0 Å². The van der Waals surface area contributed by atoms with Gasteiger partial charge < -0.3 is 128 Å². The highest BCUT2D eigenvalue weighted by Gasteiger charge is 2.63. The molecule has 93 heavy (non-hydrogen) atoms. The molecule has 0 aromatic heterocycles. The zero-order valence-electron chi connectivity index (χ0n) is 53.3. The van der Waals surface area contributed by atoms with E-state index >= 15 is 0 Å². The van der Waals surface area contributed by atoms with Gasteiger partial charge in [-0.1, -0.05) is 44.9 Å². The number of hydrogen-bond donors (Lipinski definition) is 15. The third-order valence-electron chi connectivity index (χ3n) is 21.7. The summed E-state index contributed by atoms with van der Waals surface area (Å²) in [7, 11) is -4.88. The summed E-state index contributed by atoms with van der Waals surface area (Å²) in [6.45, 7) is 12.2. The van der Waals surface area contributed by atoms with E-state index in [1.54, 1.807) is 6.08 Å². The van der Waals surface area contributed by atoms with Crippen LogP contribution >= 0.6 is 0 Å². The lowest BCUT2D eigenvalue weighted by Crippen LogP contribution is -2.67. The maximum atomic E-state index is 13.1. The molecule has 32 heteroatoms. The molecular formula is C61H98O31S. The van der Waals surface area contributed by atoms with Crippen LogP contribution in [-0.2, 0) is 76.2 Å². The van der Waals surface area contributed by atoms with Crippen LogP contribution in [0.25, 0.3) is 0 Å². The topological polar surface area (TPSA) is 475 Å². The summed E-state index contributed by atoms with van der Waals surface area (Å²) in [5, 5.41) is 156. The minimum atomic E-state index is -4.88. The Morgan fingerprint density at radius 3 is 1.68 bits per heavy atom. The predicted octanol–water partition coefficient (Wildman–Crippen LogP) is -3.41. The first-order valence-corrected chi connectivity index (χ1v) is 33.8. The van der Waals surface area contributed by atoms with E-state index in [-0.39, 0.29) is 47.7 Å². The molecule has 4 aliphatic carbocycles. The summed E-state index contributed by atoms with van der Waals surface area (Å²) in [6, 6.07) is 0. The fraction of sp³-hybridized carbons (Fsp3) is 0.918. The first-order chi connectivity index (χ1) is 43.7. The highest BCUT2D eigenvalue weighted by molar-refractivity contribution is 7.80. The average molecular weight is 1360 g/mol. The molecule has 0 radical (unpaired) electrons. The van der Waals surface area contributed by atoms with E-state index in [0.29, 0.717) is 19.3 Å². The molecule has 9 fully saturated rings. The number of allylic oxidation sites excluding steroid dienone is 4. The summed E-state index contributed by atoms with van der Waals surface area (Å²) in [6.07, 6.45) is -42.1. The van der Waals surface area contributed by atoms with Gasteiger partial charge in [0.1, 0.15) is 116 Å². The number of carbonyl (C=O) groups excluding carboxylic acids is 1. The molecule has 10 aliphatic rings. The molecule has 0 spiro atoms. The van der Waals surface area contributed by atoms with Crippen molar-refractivity contribution in [2.75, 3.05) is 19.8 Å². The quantitative estimate of drug-likeness (QED) is 0.0321. The van der Waals surface area contributed by atoms with Gasteiger partial charge in [-0.25, -0.2) is 4.18 Å². The highest BCUT2D eigenvalue weighted by atomic mass is 32.3. The van der Waals surface area contributed by atoms with E-state index in [4.69, 9.17) is 61.0 Å². The Morgan fingerprint density at radius 1 is 0.581 bits per heavy atom. The van der Waals surface area contributed by atoms with E-state index in [1.807, 2.05) is 20.8 Å². The zero-order chi connectivity index (χ0) is 67.8. The molecule has 3 saturated carbocycles. The molecule has 6 aliphatic heterocycles. The highest BCUT2D eigenvalue weighted by Crippen LogP contribution is 2.67. The molecule has 15 N–H and O–H groups in total. The van der Waals surface area contributed by atoms with Crippen LogP contribution < -0.4 is 0 Å². The van der Waals surface area contributed by atoms with Crippen molar-refractivity contribution in [1.82, 2.24) is 0 Å². The van der Waals surface area contributed by atoms with Crippen molar-refractivity contribution in [2.45, 2.75) is 291 Å². The van der Waals surface area contributed by atoms with E-state index in [2.05, 4.69) is 19.9 Å². The summed E-state index contributed by atoms with van der Waals surface area (Å²) in [5.41, 5.74) is 1.35. The van der Waals surface area contributed by atoms with E-state index in [0.717, 1.165) is 24.8 Å². The van der Waals surface area contributed by atoms with Crippen molar-refractivity contribution in [1.29, 1.82) is 0 Å². The van der Waals surface area contributed by atoms with Crippen LogP contribution in [-0.4, -0.2) is 294 Å². The van der Waals surface area contributed by atoms with Gasteiger partial charge in [0, 0.05) is 6.42 Å². The minimum absolute atomic E-state index is 0.0720. The van der Waals surface area contributed by atoms with E-state index in [1.165, 1.54) is 26.3 Å². The van der Waals surface area contributed by atoms with Crippen molar-refractivity contribution in [2.24, 2.45) is 40.4 Å². The lowest BCUT2D eigenvalue weighted by molar-refractivity contribution is -0.400. The zero-order valence-corrected chi connectivity index (χ0v) is 54.1. The maximum Gasteiger partial charge on any atom is 0.397 e. The Balaban J connectivity index is 0.904. The maximum absolute atomic E-state index is 13.1. The Morgan fingerprint density at radius 2 is 1.09 bits per heavy atom. The second-order valence-electron chi connectivity index (χ2n) is 28.3. The molecule has 0 aromatic carbocycles. The van der Waals surface area contributed by atoms with Crippen molar-refractivity contribution in [3.8, 4) is 0 Å². The molecule has 0 amide bonds. The lowest BCUT2D eigenvalue weighted by Gasteiger charge is -2.59. The Kier molecular flexibility index (Phi) is 23.2. The lowest BCUT2D eigenvalue weighted by atomic mass is 9.48. The Labute approximate surface area is 539 Å². The second kappa shape index (κ2) is 29.3. The molecule has 0 aromatic rings. The van der Waals surface area contributed by atoms with Crippen molar-refractivity contribution < 1.29 is 150 Å². The molecule has 31 nitrogen and oxygen atoms in total. The van der Waals surface area contributed by atoms with Crippen molar-refractivity contribution in [3.05, 3.63) is 23.3 Å². The minimum Gasteiger partial charge on any atom is -0.394 e. The van der Waals surface area contributed by atoms with Gasteiger partial charge in [0.05, 0.1) is 50.3 Å². The number of aliphatic hydroxyl groups is 14. The summed E-state index contributed by atoms with van der Waals surface area (Å²) >= 11 is 0. The summed E-state index contributed by atoms with van der Waals surface area (Å²) in [4.78, 5) is 13.1. The number of hydrogen-bond acceptors (Lipinski definition) is 30. The molecule has 0 unspecified atom stereocenters. The van der Waals surface area contributed by atoms with Gasteiger partial charge in [0.15, 0.2) is 43.5 Å². The van der Waals surface area contributed by atoms with Gasteiger partial charge in [-0.15, -0.1) is 0 Å². The number of fused-ring (bicyclic) bond motifs is 5. The largest absolute Gasteiger partial charge is 0.397 e. The standard InChI is InChI=1S/C61H98O31S/c1-22(2)15-27(64)16-23(3)30-9-10-31-29-18-34(33-17-28(92-93(77,78)79)11-13-61(33,8)32(29)12-14-60(30,31)7)84-56-48(75)51(40(67)25(5)82-56)89-58-52(90-54-47(74)44(71)38(65)24(4)81-54)43(70)37(21-80-58)87-59-53(45(72)41(68)35(19-62)86-59)91-57-49(76)50(39(66)26(6)83-57)88-55-46(73)42(69)36(20-63)85-55/h12,16,22,24-26,28-31,33-59,62-63,65-76H,9-11,13-15,17-21H2,1-8H3,(H,77,78,79)/b23-16+/t24-,25-,26-,28+,29+,30-,31+,33-,34+,35-,36+,37-,38-,39-,40-,41+,42-,43+,44+,45+,46-,47-,48-,49-,50+,51+,52-,53-,54+,55+,56+,57+,58+,59+,60-,61-/m1/s1. The van der Waals surface area contributed by atoms with Crippen LogP contribution in [0.4, 0.5) is 0 Å². The number of aliphatic hydroxyl groups excluding tert-OH is 14. The van der Waals surface area contributed by atoms with E-state index < -0.39 is 226 Å². The monoisotopic (exact) mass is 1360 g/mol.